The molecule has 1 amide bonds. The van der Waals surface area contributed by atoms with Gasteiger partial charge in [0.2, 0.25) is 5.91 Å². The van der Waals surface area contributed by atoms with Crippen LogP contribution in [0.5, 0.6) is 0 Å². The topological polar surface area (TPSA) is 32.3 Å². The highest BCUT2D eigenvalue weighted by atomic mass is 16.2. The number of carbonyl (C=O) groups is 1. The molecule has 0 unspecified atom stereocenters. The molecule has 2 fully saturated rings. The molecule has 3 heteroatoms. The van der Waals surface area contributed by atoms with Crippen LogP contribution in [0.2, 0.25) is 0 Å². The molecule has 1 aromatic carbocycles. The van der Waals surface area contributed by atoms with Crippen molar-refractivity contribution in [3.63, 3.8) is 0 Å². The summed E-state index contributed by atoms with van der Waals surface area (Å²) >= 11 is 0. The smallest absolute Gasteiger partial charge is 0.231 e. The number of hydrogen-bond donors (Lipinski definition) is 1. The Morgan fingerprint density at radius 3 is 2.55 bits per heavy atom. The zero-order chi connectivity index (χ0) is 15.4. The minimum absolute atomic E-state index is 0.148. The summed E-state index contributed by atoms with van der Waals surface area (Å²) in [5.41, 5.74) is 2.34. The van der Waals surface area contributed by atoms with E-state index in [1.54, 1.807) is 0 Å². The van der Waals surface area contributed by atoms with Gasteiger partial charge in [-0.3, -0.25) is 4.79 Å². The molecule has 120 valence electrons. The summed E-state index contributed by atoms with van der Waals surface area (Å²) in [5.74, 6) is 0.490. The minimum atomic E-state index is 0.148. The standard InChI is InChI=1S/C19H28N2O/c1-15-8-5-6-12-18(15)21(17-10-3-2-4-11-17)19(22)16-9-7-13-20-14-16/h5-6,8,12,16-17,20H,2-4,7,9-11,13-14H2,1H3/t16-/m0/s1. The Morgan fingerprint density at radius 1 is 1.09 bits per heavy atom. The van der Waals surface area contributed by atoms with E-state index in [0.29, 0.717) is 11.9 Å². The van der Waals surface area contributed by atoms with Crippen molar-refractivity contribution >= 4 is 11.6 Å². The molecule has 1 aromatic rings. The Morgan fingerprint density at radius 2 is 1.86 bits per heavy atom. The normalized spacial score (nSPS) is 23.2. The molecule has 2 aliphatic rings. The van der Waals surface area contributed by atoms with Crippen molar-refractivity contribution in [1.82, 2.24) is 5.32 Å². The van der Waals surface area contributed by atoms with Crippen molar-refractivity contribution < 1.29 is 4.79 Å². The van der Waals surface area contributed by atoms with E-state index in [2.05, 4.69) is 41.4 Å². The number of amides is 1. The highest BCUT2D eigenvalue weighted by Gasteiger charge is 2.32. The number of para-hydroxylation sites is 1. The van der Waals surface area contributed by atoms with E-state index in [9.17, 15) is 4.79 Å². The number of hydrogen-bond acceptors (Lipinski definition) is 2. The van der Waals surface area contributed by atoms with Crippen molar-refractivity contribution in [3.8, 4) is 0 Å². The van der Waals surface area contributed by atoms with Gasteiger partial charge in [-0.05, 0) is 50.8 Å². The summed E-state index contributed by atoms with van der Waals surface area (Å²) in [6, 6.07) is 8.76. The van der Waals surface area contributed by atoms with Gasteiger partial charge in [0.05, 0.1) is 5.92 Å². The van der Waals surface area contributed by atoms with Gasteiger partial charge in [-0.2, -0.15) is 0 Å². The van der Waals surface area contributed by atoms with Crippen LogP contribution in [0, 0.1) is 12.8 Å². The zero-order valence-corrected chi connectivity index (χ0v) is 13.7. The number of anilines is 1. The molecule has 1 aliphatic heterocycles. The second-order valence-corrected chi connectivity index (χ2v) is 6.83. The Labute approximate surface area is 134 Å². The molecular formula is C19H28N2O. The van der Waals surface area contributed by atoms with Gasteiger partial charge in [-0.1, -0.05) is 37.5 Å². The first-order valence-corrected chi connectivity index (χ1v) is 8.87. The average Bonchev–Trinajstić information content (AvgIpc) is 2.58. The van der Waals surface area contributed by atoms with Crippen molar-refractivity contribution in [2.24, 2.45) is 5.92 Å². The fourth-order valence-electron chi connectivity index (χ4n) is 3.93. The lowest BCUT2D eigenvalue weighted by Gasteiger charge is -2.38. The molecule has 3 nitrogen and oxygen atoms in total. The molecule has 1 aliphatic carbocycles. The van der Waals surface area contributed by atoms with E-state index in [-0.39, 0.29) is 5.92 Å². The van der Waals surface area contributed by atoms with Crippen LogP contribution in [-0.2, 0) is 4.79 Å². The van der Waals surface area contributed by atoms with Gasteiger partial charge in [-0.15, -0.1) is 0 Å². The first-order chi connectivity index (χ1) is 10.8. The van der Waals surface area contributed by atoms with Crippen molar-refractivity contribution in [2.75, 3.05) is 18.0 Å². The molecule has 0 bridgehead atoms. The molecule has 1 heterocycles. The van der Waals surface area contributed by atoms with E-state index in [1.807, 2.05) is 0 Å². The van der Waals surface area contributed by atoms with Crippen LogP contribution in [0.15, 0.2) is 24.3 Å². The monoisotopic (exact) mass is 300 g/mol. The summed E-state index contributed by atoms with van der Waals surface area (Å²) in [7, 11) is 0. The third-order valence-electron chi connectivity index (χ3n) is 5.20. The molecule has 1 atom stereocenters. The van der Waals surface area contributed by atoms with Crippen LogP contribution in [0.25, 0.3) is 0 Å². The molecular weight excluding hydrogens is 272 g/mol. The van der Waals surface area contributed by atoms with Gasteiger partial charge < -0.3 is 10.2 Å². The van der Waals surface area contributed by atoms with Gasteiger partial charge in [0.25, 0.3) is 0 Å². The molecule has 1 saturated heterocycles. The maximum absolute atomic E-state index is 13.2. The van der Waals surface area contributed by atoms with Gasteiger partial charge in [-0.25, -0.2) is 0 Å². The lowest BCUT2D eigenvalue weighted by atomic mass is 9.90. The number of carbonyl (C=O) groups excluding carboxylic acids is 1. The number of benzene rings is 1. The first kappa shape index (κ1) is 15.5. The third kappa shape index (κ3) is 3.35. The van der Waals surface area contributed by atoms with Crippen LogP contribution in [0.3, 0.4) is 0 Å². The fraction of sp³-hybridized carbons (Fsp3) is 0.632. The molecule has 3 rings (SSSR count). The highest BCUT2D eigenvalue weighted by molar-refractivity contribution is 5.96. The van der Waals surface area contributed by atoms with Crippen LogP contribution in [0.4, 0.5) is 5.69 Å². The van der Waals surface area contributed by atoms with E-state index in [0.717, 1.165) is 44.5 Å². The SMILES string of the molecule is Cc1ccccc1N(C(=O)[C@H]1CCCNC1)C1CCCCC1. The first-order valence-electron chi connectivity index (χ1n) is 8.87. The van der Waals surface area contributed by atoms with Crippen LogP contribution in [-0.4, -0.2) is 25.0 Å². The van der Waals surface area contributed by atoms with Crippen LogP contribution < -0.4 is 10.2 Å². The molecule has 1 saturated carbocycles. The fourth-order valence-corrected chi connectivity index (χ4v) is 3.93. The summed E-state index contributed by atoms with van der Waals surface area (Å²) in [6.45, 7) is 4.02. The van der Waals surface area contributed by atoms with Crippen molar-refractivity contribution in [2.45, 2.75) is 57.9 Å². The average molecular weight is 300 g/mol. The summed E-state index contributed by atoms with van der Waals surface area (Å²) in [5, 5.41) is 3.39. The van der Waals surface area contributed by atoms with Crippen LogP contribution in [0.1, 0.15) is 50.5 Å². The number of aryl methyl sites for hydroxylation is 1. The Kier molecular flexibility index (Phi) is 5.14. The maximum Gasteiger partial charge on any atom is 0.231 e. The Bertz CT molecular complexity index is 502. The number of nitrogens with zero attached hydrogens (tertiary/aromatic N) is 1. The van der Waals surface area contributed by atoms with Gasteiger partial charge >= 0.3 is 0 Å². The summed E-state index contributed by atoms with van der Waals surface area (Å²) < 4.78 is 0. The minimum Gasteiger partial charge on any atom is -0.316 e. The molecule has 0 radical (unpaired) electrons. The molecule has 1 N–H and O–H groups in total. The van der Waals surface area contributed by atoms with Gasteiger partial charge in [0.1, 0.15) is 0 Å². The zero-order valence-electron chi connectivity index (χ0n) is 13.7. The predicted molar refractivity (Wildman–Crippen MR) is 91.1 cm³/mol. The van der Waals surface area contributed by atoms with E-state index in [4.69, 9.17) is 0 Å². The largest absolute Gasteiger partial charge is 0.316 e. The Hall–Kier alpha value is -1.35. The second kappa shape index (κ2) is 7.28. The van der Waals surface area contributed by atoms with E-state index < -0.39 is 0 Å². The second-order valence-electron chi connectivity index (χ2n) is 6.83. The van der Waals surface area contributed by atoms with Gasteiger partial charge in [0.15, 0.2) is 0 Å². The maximum atomic E-state index is 13.2. The molecule has 0 aromatic heterocycles. The Balaban J connectivity index is 1.88. The number of piperidine rings is 1. The van der Waals surface area contributed by atoms with Crippen molar-refractivity contribution in [1.29, 1.82) is 0 Å². The number of rotatable bonds is 3. The number of nitrogens with one attached hydrogen (secondary N) is 1. The lowest BCUT2D eigenvalue weighted by Crippen LogP contribution is -2.48. The summed E-state index contributed by atoms with van der Waals surface area (Å²) in [6.07, 6.45) is 8.27. The predicted octanol–water partition coefficient (Wildman–Crippen LogP) is 3.66. The summed E-state index contributed by atoms with van der Waals surface area (Å²) in [4.78, 5) is 15.4. The lowest BCUT2D eigenvalue weighted by molar-refractivity contribution is -0.123. The van der Waals surface area contributed by atoms with Crippen molar-refractivity contribution in [3.05, 3.63) is 29.8 Å². The highest BCUT2D eigenvalue weighted by Crippen LogP contribution is 2.31. The molecule has 22 heavy (non-hydrogen) atoms. The third-order valence-corrected chi connectivity index (χ3v) is 5.20. The molecule has 0 spiro atoms. The van der Waals surface area contributed by atoms with E-state index >= 15 is 0 Å². The van der Waals surface area contributed by atoms with E-state index in [1.165, 1.54) is 24.8 Å². The van der Waals surface area contributed by atoms with Crippen LogP contribution >= 0.6 is 0 Å². The van der Waals surface area contributed by atoms with Gasteiger partial charge in [0, 0.05) is 18.3 Å². The quantitative estimate of drug-likeness (QED) is 0.924.